The first-order valence-electron chi connectivity index (χ1n) is 8.71. The van der Waals surface area contributed by atoms with E-state index in [1.807, 2.05) is 52.0 Å². The SMILES string of the molecule is CC(C)Cc1nnc(Nc2ccc(B3OC(C)(C)C(C)(C)O3)cc2)o1. The number of nitrogens with zero attached hydrogens (tertiary/aromatic N) is 2. The van der Waals surface area contributed by atoms with Crippen LogP contribution in [0.5, 0.6) is 0 Å². The molecule has 7 heteroatoms. The first-order chi connectivity index (χ1) is 11.7. The predicted octanol–water partition coefficient (Wildman–Crippen LogP) is 3.31. The van der Waals surface area contributed by atoms with Gasteiger partial charge in [0, 0.05) is 12.1 Å². The van der Waals surface area contributed by atoms with E-state index in [0.717, 1.165) is 17.6 Å². The van der Waals surface area contributed by atoms with Gasteiger partial charge in [-0.1, -0.05) is 31.1 Å². The number of hydrogen-bond donors (Lipinski definition) is 1. The lowest BCUT2D eigenvalue weighted by molar-refractivity contribution is 0.00578. The molecule has 0 unspecified atom stereocenters. The number of aromatic nitrogens is 2. The zero-order valence-electron chi connectivity index (χ0n) is 15.8. The molecule has 2 heterocycles. The molecule has 1 aliphatic heterocycles. The van der Waals surface area contributed by atoms with Crippen molar-refractivity contribution in [1.82, 2.24) is 10.2 Å². The van der Waals surface area contributed by atoms with E-state index in [1.165, 1.54) is 0 Å². The van der Waals surface area contributed by atoms with Gasteiger partial charge in [0.15, 0.2) is 0 Å². The van der Waals surface area contributed by atoms with Crippen LogP contribution in [0, 0.1) is 5.92 Å². The van der Waals surface area contributed by atoms with Gasteiger partial charge in [-0.2, -0.15) is 0 Å². The van der Waals surface area contributed by atoms with E-state index in [1.54, 1.807) is 0 Å². The Balaban J connectivity index is 1.66. The van der Waals surface area contributed by atoms with Gasteiger partial charge in [0.05, 0.1) is 11.2 Å². The van der Waals surface area contributed by atoms with Gasteiger partial charge in [0.1, 0.15) is 0 Å². The van der Waals surface area contributed by atoms with Crippen molar-refractivity contribution in [3.05, 3.63) is 30.2 Å². The van der Waals surface area contributed by atoms with Crippen LogP contribution in [0.3, 0.4) is 0 Å². The molecule has 25 heavy (non-hydrogen) atoms. The largest absolute Gasteiger partial charge is 0.494 e. The highest BCUT2D eigenvalue weighted by Crippen LogP contribution is 2.36. The zero-order valence-corrected chi connectivity index (χ0v) is 15.8. The summed E-state index contributed by atoms with van der Waals surface area (Å²) in [7, 11) is -0.361. The first-order valence-corrected chi connectivity index (χ1v) is 8.71. The summed E-state index contributed by atoms with van der Waals surface area (Å²) in [5.41, 5.74) is 1.17. The van der Waals surface area contributed by atoms with Crippen LogP contribution in [-0.2, 0) is 15.7 Å². The van der Waals surface area contributed by atoms with Crippen molar-refractivity contribution in [3.63, 3.8) is 0 Å². The van der Waals surface area contributed by atoms with E-state index in [-0.39, 0.29) is 18.3 Å². The van der Waals surface area contributed by atoms with Crippen molar-refractivity contribution in [2.24, 2.45) is 5.92 Å². The molecule has 0 bridgehead atoms. The number of benzene rings is 1. The molecular weight excluding hydrogens is 317 g/mol. The van der Waals surface area contributed by atoms with E-state index in [2.05, 4.69) is 29.4 Å². The monoisotopic (exact) mass is 343 g/mol. The summed E-state index contributed by atoms with van der Waals surface area (Å²) in [5.74, 6) is 1.12. The van der Waals surface area contributed by atoms with Gasteiger partial charge < -0.3 is 19.0 Å². The topological polar surface area (TPSA) is 69.4 Å². The van der Waals surface area contributed by atoms with Crippen LogP contribution in [0.4, 0.5) is 11.7 Å². The quantitative estimate of drug-likeness (QED) is 0.840. The predicted molar refractivity (Wildman–Crippen MR) is 98.3 cm³/mol. The summed E-state index contributed by atoms with van der Waals surface area (Å²) in [6.45, 7) is 12.4. The molecule has 134 valence electrons. The third kappa shape index (κ3) is 3.88. The molecule has 1 aromatic carbocycles. The maximum atomic E-state index is 6.07. The van der Waals surface area contributed by atoms with Gasteiger partial charge >= 0.3 is 13.1 Å². The molecular formula is C18H26BN3O3. The van der Waals surface area contributed by atoms with E-state index in [4.69, 9.17) is 13.7 Å². The maximum absolute atomic E-state index is 6.07. The first kappa shape index (κ1) is 18.0. The lowest BCUT2D eigenvalue weighted by Crippen LogP contribution is -2.41. The molecule has 0 spiro atoms. The van der Waals surface area contributed by atoms with Crippen LogP contribution >= 0.6 is 0 Å². The van der Waals surface area contributed by atoms with Gasteiger partial charge in [-0.15, -0.1) is 5.10 Å². The molecule has 1 fully saturated rings. The van der Waals surface area contributed by atoms with Crippen LogP contribution in [0.25, 0.3) is 0 Å². The Morgan fingerprint density at radius 3 is 2.16 bits per heavy atom. The van der Waals surface area contributed by atoms with Crippen LogP contribution in [0.2, 0.25) is 0 Å². The van der Waals surface area contributed by atoms with Crippen molar-refractivity contribution in [1.29, 1.82) is 0 Å². The minimum absolute atomic E-state index is 0.342. The Bertz CT molecular complexity index is 709. The minimum atomic E-state index is -0.361. The molecule has 1 N–H and O–H groups in total. The lowest BCUT2D eigenvalue weighted by atomic mass is 9.79. The van der Waals surface area contributed by atoms with E-state index >= 15 is 0 Å². The fourth-order valence-electron chi connectivity index (χ4n) is 2.56. The second-order valence-electron chi connectivity index (χ2n) is 7.93. The van der Waals surface area contributed by atoms with Crippen molar-refractivity contribution < 1.29 is 13.7 Å². The summed E-state index contributed by atoms with van der Waals surface area (Å²) >= 11 is 0. The van der Waals surface area contributed by atoms with Crippen molar-refractivity contribution in [3.8, 4) is 0 Å². The van der Waals surface area contributed by atoms with Crippen LogP contribution in [0.15, 0.2) is 28.7 Å². The molecule has 1 aromatic heterocycles. The average molecular weight is 343 g/mol. The lowest BCUT2D eigenvalue weighted by Gasteiger charge is -2.32. The number of hydrogen-bond acceptors (Lipinski definition) is 6. The van der Waals surface area contributed by atoms with Crippen molar-refractivity contribution in [2.45, 2.75) is 59.2 Å². The molecule has 0 aliphatic carbocycles. The van der Waals surface area contributed by atoms with Crippen molar-refractivity contribution >= 4 is 24.3 Å². The van der Waals surface area contributed by atoms with Gasteiger partial charge in [-0.05, 0) is 51.2 Å². The highest BCUT2D eigenvalue weighted by atomic mass is 16.7. The smallest absolute Gasteiger partial charge is 0.408 e. The standard InChI is InChI=1S/C18H26BN3O3/c1-12(2)11-15-21-22-16(23-15)20-14-9-7-13(8-10-14)19-24-17(3,4)18(5,6)25-19/h7-10,12H,11H2,1-6H3,(H,20,22). The third-order valence-electron chi connectivity index (χ3n) is 4.74. The molecule has 6 nitrogen and oxygen atoms in total. The highest BCUT2D eigenvalue weighted by Gasteiger charge is 2.51. The molecule has 0 amide bonds. The summed E-state index contributed by atoms with van der Waals surface area (Å²) < 4.78 is 17.7. The Hall–Kier alpha value is -1.86. The zero-order chi connectivity index (χ0) is 18.2. The number of rotatable bonds is 5. The van der Waals surface area contributed by atoms with E-state index < -0.39 is 0 Å². The molecule has 0 radical (unpaired) electrons. The molecule has 0 saturated carbocycles. The molecule has 3 rings (SSSR count). The highest BCUT2D eigenvalue weighted by molar-refractivity contribution is 6.62. The Morgan fingerprint density at radius 2 is 1.60 bits per heavy atom. The fourth-order valence-corrected chi connectivity index (χ4v) is 2.56. The van der Waals surface area contributed by atoms with Crippen LogP contribution in [-0.4, -0.2) is 28.5 Å². The fraction of sp³-hybridized carbons (Fsp3) is 0.556. The summed E-state index contributed by atoms with van der Waals surface area (Å²) in [5, 5.41) is 11.2. The van der Waals surface area contributed by atoms with E-state index in [0.29, 0.717) is 17.8 Å². The molecule has 0 atom stereocenters. The number of nitrogens with one attached hydrogen (secondary N) is 1. The van der Waals surface area contributed by atoms with Gasteiger partial charge in [0.25, 0.3) is 0 Å². The Labute approximate surface area is 149 Å². The summed E-state index contributed by atoms with van der Waals surface area (Å²) in [6.07, 6.45) is 0.773. The van der Waals surface area contributed by atoms with Gasteiger partial charge in [-0.25, -0.2) is 0 Å². The molecule has 2 aromatic rings. The van der Waals surface area contributed by atoms with E-state index in [9.17, 15) is 0 Å². The second kappa shape index (κ2) is 6.46. The second-order valence-corrected chi connectivity index (χ2v) is 7.93. The van der Waals surface area contributed by atoms with Gasteiger partial charge in [-0.3, -0.25) is 0 Å². The number of anilines is 2. The summed E-state index contributed by atoms with van der Waals surface area (Å²) in [4.78, 5) is 0. The normalized spacial score (nSPS) is 18.8. The molecule has 1 saturated heterocycles. The van der Waals surface area contributed by atoms with Gasteiger partial charge in [0.2, 0.25) is 5.89 Å². The van der Waals surface area contributed by atoms with Crippen LogP contribution < -0.4 is 10.8 Å². The third-order valence-corrected chi connectivity index (χ3v) is 4.74. The Kier molecular flexibility index (Phi) is 4.64. The van der Waals surface area contributed by atoms with Crippen LogP contribution in [0.1, 0.15) is 47.4 Å². The summed E-state index contributed by atoms with van der Waals surface area (Å²) in [6, 6.07) is 8.27. The molecule has 1 aliphatic rings. The maximum Gasteiger partial charge on any atom is 0.494 e. The average Bonchev–Trinajstić information content (AvgIpc) is 3.01. The Morgan fingerprint density at radius 1 is 1.00 bits per heavy atom. The minimum Gasteiger partial charge on any atom is -0.408 e. The van der Waals surface area contributed by atoms with Crippen molar-refractivity contribution in [2.75, 3.05) is 5.32 Å².